The molecule has 1 fully saturated rings. The molecule has 0 unspecified atom stereocenters. The fourth-order valence-electron chi connectivity index (χ4n) is 1.79. The van der Waals surface area contributed by atoms with Crippen molar-refractivity contribution in [3.05, 3.63) is 12.1 Å². The highest BCUT2D eigenvalue weighted by atomic mass is 32.2. The third-order valence-corrected chi connectivity index (χ3v) is 3.99. The topological polar surface area (TPSA) is 103 Å². The van der Waals surface area contributed by atoms with E-state index < -0.39 is 10.2 Å². The van der Waals surface area contributed by atoms with E-state index in [4.69, 9.17) is 15.2 Å². The molecule has 0 aromatic heterocycles. The summed E-state index contributed by atoms with van der Waals surface area (Å²) < 4.78 is 39.3. The zero-order chi connectivity index (χ0) is 13.5. The first-order valence-corrected chi connectivity index (χ1v) is 7.51. The summed E-state index contributed by atoms with van der Waals surface area (Å²) >= 11 is 0. The quantitative estimate of drug-likeness (QED) is 0.697. The first-order valence-electron chi connectivity index (χ1n) is 6.03. The molecule has 4 N–H and O–H groups in total. The average Bonchev–Trinajstić information content (AvgIpc) is 3.13. The highest BCUT2D eigenvalue weighted by molar-refractivity contribution is 7.90. The molecule has 0 spiro atoms. The minimum Gasteiger partial charge on any atom is -0.486 e. The van der Waals surface area contributed by atoms with Gasteiger partial charge in [0.15, 0.2) is 11.5 Å². The zero-order valence-corrected chi connectivity index (χ0v) is 11.0. The smallest absolute Gasteiger partial charge is 0.299 e. The van der Waals surface area contributed by atoms with Crippen LogP contribution in [0.25, 0.3) is 0 Å². The number of nitrogens with two attached hydrogens (primary N) is 1. The molecule has 0 bridgehead atoms. The average molecular weight is 285 g/mol. The Morgan fingerprint density at radius 2 is 1.79 bits per heavy atom. The van der Waals surface area contributed by atoms with Gasteiger partial charge in [-0.3, -0.25) is 4.72 Å². The van der Waals surface area contributed by atoms with Crippen LogP contribution in [0.5, 0.6) is 11.5 Å². The Bertz CT molecular complexity index is 598. The minimum absolute atomic E-state index is 0.0379. The van der Waals surface area contributed by atoms with Crippen LogP contribution in [-0.2, 0) is 10.2 Å². The van der Waals surface area contributed by atoms with Crippen molar-refractivity contribution >= 4 is 21.6 Å². The van der Waals surface area contributed by atoms with Crippen LogP contribution in [0.3, 0.4) is 0 Å². The molecule has 1 aromatic rings. The zero-order valence-electron chi connectivity index (χ0n) is 10.2. The van der Waals surface area contributed by atoms with Crippen LogP contribution < -0.4 is 24.7 Å². The van der Waals surface area contributed by atoms with Crippen molar-refractivity contribution in [3.63, 3.8) is 0 Å². The second-order valence-electron chi connectivity index (χ2n) is 4.58. The maximum absolute atomic E-state index is 11.8. The molecular weight excluding hydrogens is 270 g/mol. The van der Waals surface area contributed by atoms with E-state index in [1.165, 1.54) is 6.07 Å². The van der Waals surface area contributed by atoms with Crippen LogP contribution in [0.4, 0.5) is 11.4 Å². The van der Waals surface area contributed by atoms with Crippen molar-refractivity contribution in [3.8, 4) is 11.5 Å². The summed E-state index contributed by atoms with van der Waals surface area (Å²) in [5.74, 6) is 1.02. The predicted octanol–water partition coefficient (Wildman–Crippen LogP) is 0.449. The molecular formula is C11H15N3O4S. The van der Waals surface area contributed by atoms with Crippen LogP contribution >= 0.6 is 0 Å². The van der Waals surface area contributed by atoms with Crippen molar-refractivity contribution in [1.29, 1.82) is 0 Å². The van der Waals surface area contributed by atoms with Gasteiger partial charge in [0.25, 0.3) is 10.2 Å². The van der Waals surface area contributed by atoms with Gasteiger partial charge in [-0.25, -0.2) is 0 Å². The molecule has 19 heavy (non-hydrogen) atoms. The Morgan fingerprint density at radius 3 is 2.42 bits per heavy atom. The van der Waals surface area contributed by atoms with Gasteiger partial charge >= 0.3 is 0 Å². The monoisotopic (exact) mass is 285 g/mol. The largest absolute Gasteiger partial charge is 0.486 e. The van der Waals surface area contributed by atoms with Gasteiger partial charge in [0, 0.05) is 18.2 Å². The van der Waals surface area contributed by atoms with Crippen LogP contribution in [-0.4, -0.2) is 27.7 Å². The van der Waals surface area contributed by atoms with Crippen LogP contribution in [0, 0.1) is 0 Å². The number of nitrogen functional groups attached to an aromatic ring is 1. The first-order chi connectivity index (χ1) is 9.03. The van der Waals surface area contributed by atoms with Gasteiger partial charge in [-0.2, -0.15) is 13.1 Å². The van der Waals surface area contributed by atoms with Crippen LogP contribution in [0.2, 0.25) is 0 Å². The predicted molar refractivity (Wildman–Crippen MR) is 70.5 cm³/mol. The molecule has 1 aliphatic heterocycles. The minimum atomic E-state index is -3.60. The lowest BCUT2D eigenvalue weighted by Gasteiger charge is -2.20. The summed E-state index contributed by atoms with van der Waals surface area (Å²) in [4.78, 5) is 0. The first kappa shape index (κ1) is 12.4. The summed E-state index contributed by atoms with van der Waals surface area (Å²) in [6.07, 6.45) is 1.75. The molecule has 0 amide bonds. The number of nitrogens with one attached hydrogen (secondary N) is 2. The van der Waals surface area contributed by atoms with Gasteiger partial charge in [-0.05, 0) is 12.8 Å². The molecule has 1 saturated carbocycles. The summed E-state index contributed by atoms with van der Waals surface area (Å²) in [6, 6.07) is 3.13. The molecule has 7 nitrogen and oxygen atoms in total. The summed E-state index contributed by atoms with van der Waals surface area (Å²) in [5.41, 5.74) is 6.39. The van der Waals surface area contributed by atoms with Crippen molar-refractivity contribution in [2.75, 3.05) is 23.7 Å². The van der Waals surface area contributed by atoms with Crippen molar-refractivity contribution < 1.29 is 17.9 Å². The Balaban J connectivity index is 1.83. The fourth-order valence-corrected chi connectivity index (χ4v) is 2.99. The van der Waals surface area contributed by atoms with Crippen LogP contribution in [0.15, 0.2) is 12.1 Å². The van der Waals surface area contributed by atoms with Gasteiger partial charge in [0.2, 0.25) is 0 Å². The standard InChI is InChI=1S/C11H15N3O4S/c12-8-5-10-11(18-4-3-17-10)6-9(8)14-19(15,16)13-7-1-2-7/h5-7,13-14H,1-4,12H2. The summed E-state index contributed by atoms with van der Waals surface area (Å²) in [6.45, 7) is 0.893. The van der Waals surface area contributed by atoms with Crippen LogP contribution in [0.1, 0.15) is 12.8 Å². The lowest BCUT2D eigenvalue weighted by atomic mass is 10.2. The van der Waals surface area contributed by atoms with Gasteiger partial charge in [0.05, 0.1) is 11.4 Å². The Kier molecular flexibility index (Phi) is 2.90. The maximum atomic E-state index is 11.8. The number of fused-ring (bicyclic) bond motifs is 1. The van der Waals surface area contributed by atoms with Gasteiger partial charge in [0.1, 0.15) is 13.2 Å². The normalized spacial score (nSPS) is 18.1. The van der Waals surface area contributed by atoms with E-state index in [9.17, 15) is 8.42 Å². The third kappa shape index (κ3) is 2.85. The third-order valence-electron chi connectivity index (χ3n) is 2.86. The number of hydrogen-bond acceptors (Lipinski definition) is 5. The second-order valence-corrected chi connectivity index (χ2v) is 6.03. The Hall–Kier alpha value is -1.67. The molecule has 1 aliphatic carbocycles. The molecule has 3 rings (SSSR count). The molecule has 2 aliphatic rings. The lowest BCUT2D eigenvalue weighted by molar-refractivity contribution is 0.172. The van der Waals surface area contributed by atoms with E-state index in [0.717, 1.165) is 12.8 Å². The summed E-state index contributed by atoms with van der Waals surface area (Å²) in [7, 11) is -3.60. The second kappa shape index (κ2) is 4.46. The van der Waals surface area contributed by atoms with E-state index in [2.05, 4.69) is 9.44 Å². The number of rotatable bonds is 4. The molecule has 8 heteroatoms. The molecule has 0 radical (unpaired) electrons. The van der Waals surface area contributed by atoms with E-state index in [0.29, 0.717) is 30.4 Å². The molecule has 1 aromatic carbocycles. The molecule has 0 atom stereocenters. The SMILES string of the molecule is Nc1cc2c(cc1NS(=O)(=O)NC1CC1)OCCO2. The van der Waals surface area contributed by atoms with E-state index in [1.54, 1.807) is 6.07 Å². The van der Waals surface area contributed by atoms with Gasteiger partial charge < -0.3 is 15.2 Å². The summed E-state index contributed by atoms with van der Waals surface area (Å²) in [5, 5.41) is 0. The van der Waals surface area contributed by atoms with E-state index in [1.807, 2.05) is 0 Å². The van der Waals surface area contributed by atoms with Crippen molar-refractivity contribution in [2.24, 2.45) is 0 Å². The van der Waals surface area contributed by atoms with Gasteiger partial charge in [-0.1, -0.05) is 0 Å². The number of anilines is 2. The Morgan fingerprint density at radius 1 is 1.16 bits per heavy atom. The maximum Gasteiger partial charge on any atom is 0.299 e. The molecule has 104 valence electrons. The Labute approximate surface area is 111 Å². The lowest BCUT2D eigenvalue weighted by Crippen LogP contribution is -2.32. The van der Waals surface area contributed by atoms with E-state index in [-0.39, 0.29) is 11.7 Å². The highest BCUT2D eigenvalue weighted by Crippen LogP contribution is 2.37. The van der Waals surface area contributed by atoms with Gasteiger partial charge in [-0.15, -0.1) is 0 Å². The number of ether oxygens (including phenoxy) is 2. The number of benzene rings is 1. The highest BCUT2D eigenvalue weighted by Gasteiger charge is 2.27. The molecule has 1 heterocycles. The van der Waals surface area contributed by atoms with E-state index >= 15 is 0 Å². The molecule has 0 saturated heterocycles. The van der Waals surface area contributed by atoms with Crippen molar-refractivity contribution in [1.82, 2.24) is 4.72 Å². The number of hydrogen-bond donors (Lipinski definition) is 3. The fraction of sp³-hybridized carbons (Fsp3) is 0.455. The van der Waals surface area contributed by atoms with Crippen molar-refractivity contribution in [2.45, 2.75) is 18.9 Å².